The van der Waals surface area contributed by atoms with Crippen molar-refractivity contribution in [3.63, 3.8) is 0 Å². The first-order chi connectivity index (χ1) is 8.19. The summed E-state index contributed by atoms with van der Waals surface area (Å²) in [6.45, 7) is 8.06. The Kier molecular flexibility index (Phi) is 4.42. The Morgan fingerprint density at radius 1 is 1.47 bits per heavy atom. The predicted molar refractivity (Wildman–Crippen MR) is 68.5 cm³/mol. The summed E-state index contributed by atoms with van der Waals surface area (Å²) in [5, 5.41) is 0. The van der Waals surface area contributed by atoms with Crippen LogP contribution in [0.25, 0.3) is 0 Å². The Hall–Kier alpha value is -0.580. The van der Waals surface area contributed by atoms with Gasteiger partial charge in [0.05, 0.1) is 12.2 Å². The molecule has 5 heteroatoms. The van der Waals surface area contributed by atoms with Gasteiger partial charge in [-0.2, -0.15) is 0 Å². The van der Waals surface area contributed by atoms with E-state index in [4.69, 9.17) is 16.3 Å². The summed E-state index contributed by atoms with van der Waals surface area (Å²) >= 11 is 5.87. The Bertz CT molecular complexity index is 355. The fourth-order valence-corrected chi connectivity index (χ4v) is 2.47. The molecule has 0 saturated carbocycles. The molecule has 4 nitrogen and oxygen atoms in total. The highest BCUT2D eigenvalue weighted by atomic mass is 35.5. The van der Waals surface area contributed by atoms with Crippen LogP contribution in [0.1, 0.15) is 12.7 Å². The zero-order chi connectivity index (χ0) is 12.3. The first-order valence-electron chi connectivity index (χ1n) is 6.10. The molecule has 2 atom stereocenters. The van der Waals surface area contributed by atoms with E-state index >= 15 is 0 Å². The molecule has 0 spiro atoms. The number of imidazole rings is 1. The highest BCUT2D eigenvalue weighted by Gasteiger charge is 2.24. The molecule has 2 rings (SSSR count). The topological polar surface area (TPSA) is 30.3 Å². The van der Waals surface area contributed by atoms with Crippen LogP contribution in [0.15, 0.2) is 12.4 Å². The van der Waals surface area contributed by atoms with E-state index in [0.29, 0.717) is 5.88 Å². The molecule has 2 heterocycles. The fraction of sp³-hybridized carbons (Fsp3) is 0.750. The Morgan fingerprint density at radius 3 is 2.94 bits per heavy atom. The molecule has 0 aliphatic carbocycles. The van der Waals surface area contributed by atoms with Crippen LogP contribution in [-0.4, -0.2) is 52.2 Å². The Morgan fingerprint density at radius 2 is 2.29 bits per heavy atom. The van der Waals surface area contributed by atoms with E-state index < -0.39 is 0 Å². The van der Waals surface area contributed by atoms with Gasteiger partial charge in [0.25, 0.3) is 0 Å². The molecule has 1 fully saturated rings. The second-order valence-electron chi connectivity index (χ2n) is 4.65. The van der Waals surface area contributed by atoms with E-state index in [9.17, 15) is 0 Å². The molecule has 1 saturated heterocycles. The molecule has 2 unspecified atom stereocenters. The van der Waals surface area contributed by atoms with Crippen molar-refractivity contribution in [1.29, 1.82) is 0 Å². The van der Waals surface area contributed by atoms with Gasteiger partial charge in [-0.1, -0.05) is 0 Å². The van der Waals surface area contributed by atoms with E-state index in [2.05, 4.69) is 21.4 Å². The van der Waals surface area contributed by atoms with Gasteiger partial charge in [0.2, 0.25) is 0 Å². The molecule has 1 aliphatic rings. The van der Waals surface area contributed by atoms with Crippen LogP contribution in [0.3, 0.4) is 0 Å². The largest absolute Gasteiger partial charge is 0.371 e. The molecule has 1 aromatic heterocycles. The van der Waals surface area contributed by atoms with E-state index in [1.807, 2.05) is 19.3 Å². The van der Waals surface area contributed by atoms with Crippen LogP contribution in [0.4, 0.5) is 0 Å². The number of aromatic nitrogens is 2. The summed E-state index contributed by atoms with van der Waals surface area (Å²) in [6, 6.07) is 0. The third kappa shape index (κ3) is 3.44. The standard InChI is InChI=1S/C12H20ClN3O/c1-10-8-15(9-12(7-13)17-10)5-6-16-4-3-14-11(16)2/h3-4,10,12H,5-9H2,1-2H3. The molecule has 0 aromatic carbocycles. The van der Waals surface area contributed by atoms with Crippen LogP contribution in [0.5, 0.6) is 0 Å². The van der Waals surface area contributed by atoms with Crippen molar-refractivity contribution in [3.05, 3.63) is 18.2 Å². The second kappa shape index (κ2) is 5.85. The first-order valence-corrected chi connectivity index (χ1v) is 6.64. The van der Waals surface area contributed by atoms with E-state index in [-0.39, 0.29) is 12.2 Å². The van der Waals surface area contributed by atoms with Crippen molar-refractivity contribution in [1.82, 2.24) is 14.5 Å². The van der Waals surface area contributed by atoms with Crippen LogP contribution < -0.4 is 0 Å². The summed E-state index contributed by atoms with van der Waals surface area (Å²) < 4.78 is 7.91. The zero-order valence-electron chi connectivity index (χ0n) is 10.5. The molecule has 0 bridgehead atoms. The lowest BCUT2D eigenvalue weighted by atomic mass is 10.2. The number of hydrogen-bond acceptors (Lipinski definition) is 3. The number of ether oxygens (including phenoxy) is 1. The molecular weight excluding hydrogens is 238 g/mol. The van der Waals surface area contributed by atoms with Crippen molar-refractivity contribution >= 4 is 11.6 Å². The average molecular weight is 258 g/mol. The zero-order valence-corrected chi connectivity index (χ0v) is 11.2. The minimum Gasteiger partial charge on any atom is -0.371 e. The third-order valence-electron chi connectivity index (χ3n) is 3.15. The Labute approximate surface area is 108 Å². The lowest BCUT2D eigenvalue weighted by molar-refractivity contribution is -0.0669. The first kappa shape index (κ1) is 12.9. The molecule has 96 valence electrons. The third-order valence-corrected chi connectivity index (χ3v) is 3.50. The lowest BCUT2D eigenvalue weighted by Gasteiger charge is -2.36. The fourth-order valence-electron chi connectivity index (χ4n) is 2.30. The molecule has 0 radical (unpaired) electrons. The normalized spacial score (nSPS) is 26.3. The number of alkyl halides is 1. The number of morpholine rings is 1. The van der Waals surface area contributed by atoms with Gasteiger partial charge in [-0.25, -0.2) is 4.98 Å². The Balaban J connectivity index is 1.84. The highest BCUT2D eigenvalue weighted by Crippen LogP contribution is 2.12. The lowest BCUT2D eigenvalue weighted by Crippen LogP contribution is -2.48. The smallest absolute Gasteiger partial charge is 0.105 e. The molecule has 17 heavy (non-hydrogen) atoms. The number of nitrogens with zero attached hydrogens (tertiary/aromatic N) is 3. The number of aryl methyl sites for hydroxylation is 1. The molecule has 0 N–H and O–H groups in total. The maximum absolute atomic E-state index is 5.87. The monoisotopic (exact) mass is 257 g/mol. The number of hydrogen-bond donors (Lipinski definition) is 0. The van der Waals surface area contributed by atoms with Crippen molar-refractivity contribution in [3.8, 4) is 0 Å². The van der Waals surface area contributed by atoms with E-state index in [1.165, 1.54) is 0 Å². The predicted octanol–water partition coefficient (Wildman–Crippen LogP) is 1.52. The van der Waals surface area contributed by atoms with Crippen molar-refractivity contribution in [2.45, 2.75) is 32.6 Å². The summed E-state index contributed by atoms with van der Waals surface area (Å²) in [5.41, 5.74) is 0. The minimum atomic E-state index is 0.171. The van der Waals surface area contributed by atoms with Crippen LogP contribution >= 0.6 is 11.6 Å². The average Bonchev–Trinajstić information content (AvgIpc) is 2.71. The van der Waals surface area contributed by atoms with Crippen LogP contribution in [0.2, 0.25) is 0 Å². The molecule has 1 aliphatic heterocycles. The highest BCUT2D eigenvalue weighted by molar-refractivity contribution is 6.18. The van der Waals surface area contributed by atoms with Gasteiger partial charge in [-0.3, -0.25) is 4.90 Å². The van der Waals surface area contributed by atoms with Crippen molar-refractivity contribution in [2.24, 2.45) is 0 Å². The molecular formula is C12H20ClN3O. The van der Waals surface area contributed by atoms with E-state index in [1.54, 1.807) is 0 Å². The maximum atomic E-state index is 5.87. The van der Waals surface area contributed by atoms with Gasteiger partial charge in [-0.15, -0.1) is 11.6 Å². The van der Waals surface area contributed by atoms with Gasteiger partial charge in [-0.05, 0) is 13.8 Å². The van der Waals surface area contributed by atoms with Gasteiger partial charge < -0.3 is 9.30 Å². The van der Waals surface area contributed by atoms with Gasteiger partial charge in [0, 0.05) is 44.5 Å². The van der Waals surface area contributed by atoms with Crippen LogP contribution in [-0.2, 0) is 11.3 Å². The quantitative estimate of drug-likeness (QED) is 0.767. The number of rotatable bonds is 4. The van der Waals surface area contributed by atoms with Gasteiger partial charge in [0.15, 0.2) is 0 Å². The van der Waals surface area contributed by atoms with E-state index in [0.717, 1.165) is 32.0 Å². The molecule has 0 amide bonds. The summed E-state index contributed by atoms with van der Waals surface area (Å²) in [5.74, 6) is 1.64. The molecule has 1 aromatic rings. The van der Waals surface area contributed by atoms with Crippen molar-refractivity contribution in [2.75, 3.05) is 25.5 Å². The minimum absolute atomic E-state index is 0.171. The summed E-state index contributed by atoms with van der Waals surface area (Å²) in [7, 11) is 0. The second-order valence-corrected chi connectivity index (χ2v) is 4.96. The van der Waals surface area contributed by atoms with Gasteiger partial charge in [0.1, 0.15) is 5.82 Å². The SMILES string of the molecule is Cc1nccn1CCN1CC(C)OC(CCl)C1. The van der Waals surface area contributed by atoms with Crippen molar-refractivity contribution < 1.29 is 4.74 Å². The van der Waals surface area contributed by atoms with Gasteiger partial charge >= 0.3 is 0 Å². The number of halogens is 1. The maximum Gasteiger partial charge on any atom is 0.105 e. The van der Waals surface area contributed by atoms with Crippen LogP contribution in [0, 0.1) is 6.92 Å². The summed E-state index contributed by atoms with van der Waals surface area (Å²) in [4.78, 5) is 6.64. The summed E-state index contributed by atoms with van der Waals surface area (Å²) in [6.07, 6.45) is 4.32.